The Kier molecular flexibility index (Phi) is 6.31. The van der Waals surface area contributed by atoms with Crippen molar-refractivity contribution in [2.75, 3.05) is 17.6 Å². The van der Waals surface area contributed by atoms with Crippen molar-refractivity contribution in [2.24, 2.45) is 0 Å². The summed E-state index contributed by atoms with van der Waals surface area (Å²) in [5.41, 5.74) is 1.43. The minimum absolute atomic E-state index is 0.200. The van der Waals surface area contributed by atoms with Gasteiger partial charge in [-0.15, -0.1) is 11.8 Å². The average Bonchev–Trinajstić information content (AvgIpc) is 3.26. The van der Waals surface area contributed by atoms with Gasteiger partial charge in [0.05, 0.1) is 10.3 Å². The number of anilines is 1. The van der Waals surface area contributed by atoms with E-state index in [4.69, 9.17) is 4.74 Å². The van der Waals surface area contributed by atoms with Crippen LogP contribution in [0, 0.1) is 0 Å². The van der Waals surface area contributed by atoms with Crippen molar-refractivity contribution in [3.63, 3.8) is 0 Å². The fourth-order valence-electron chi connectivity index (χ4n) is 3.37. The number of nitrogens with zero attached hydrogens (tertiary/aromatic N) is 1. The third-order valence-electron chi connectivity index (χ3n) is 4.75. The first-order valence-electron chi connectivity index (χ1n) is 9.77. The maximum Gasteiger partial charge on any atom is 0.244 e. The van der Waals surface area contributed by atoms with Gasteiger partial charge in [-0.2, -0.15) is 4.31 Å². The van der Waals surface area contributed by atoms with Crippen molar-refractivity contribution in [1.29, 1.82) is 0 Å². The Morgan fingerprint density at radius 1 is 1.00 bits per heavy atom. The molecule has 1 amide bonds. The number of sulfonamides is 1. The SMILES string of the molecule is CC(=O)Nc1ccc(S(=O)(=O)N2CCSC2c2cccc(Oc3ccccc3)c2)cc1. The number of nitrogens with one attached hydrogen (secondary N) is 1. The summed E-state index contributed by atoms with van der Waals surface area (Å²) >= 11 is 1.59. The van der Waals surface area contributed by atoms with Crippen LogP contribution in [0.25, 0.3) is 0 Å². The quantitative estimate of drug-likeness (QED) is 0.575. The summed E-state index contributed by atoms with van der Waals surface area (Å²) in [6, 6.07) is 23.2. The molecule has 1 saturated heterocycles. The van der Waals surface area contributed by atoms with Crippen LogP contribution in [0.3, 0.4) is 0 Å². The molecule has 3 aromatic rings. The number of rotatable bonds is 6. The summed E-state index contributed by atoms with van der Waals surface area (Å²) < 4.78 is 34.1. The molecule has 1 heterocycles. The summed E-state index contributed by atoms with van der Waals surface area (Å²) in [4.78, 5) is 11.4. The van der Waals surface area contributed by atoms with E-state index in [1.807, 2.05) is 54.6 Å². The Morgan fingerprint density at radius 2 is 1.71 bits per heavy atom. The number of para-hydroxylation sites is 1. The Labute approximate surface area is 186 Å². The van der Waals surface area contributed by atoms with E-state index in [2.05, 4.69) is 5.32 Å². The van der Waals surface area contributed by atoms with Crippen LogP contribution in [-0.4, -0.2) is 30.9 Å². The Hall–Kier alpha value is -2.81. The summed E-state index contributed by atoms with van der Waals surface area (Å²) in [5, 5.41) is 2.31. The smallest absolute Gasteiger partial charge is 0.244 e. The number of carbonyl (C=O) groups excluding carboxylic acids is 1. The molecule has 1 fully saturated rings. The van der Waals surface area contributed by atoms with Crippen LogP contribution in [0.5, 0.6) is 11.5 Å². The fraction of sp³-hybridized carbons (Fsp3) is 0.174. The number of ether oxygens (including phenoxy) is 1. The van der Waals surface area contributed by atoms with E-state index >= 15 is 0 Å². The molecule has 6 nitrogen and oxygen atoms in total. The molecule has 1 unspecified atom stereocenters. The molecule has 8 heteroatoms. The second-order valence-electron chi connectivity index (χ2n) is 7.03. The van der Waals surface area contributed by atoms with Crippen LogP contribution in [0.15, 0.2) is 83.8 Å². The van der Waals surface area contributed by atoms with Crippen molar-refractivity contribution in [2.45, 2.75) is 17.2 Å². The van der Waals surface area contributed by atoms with Gasteiger partial charge in [0.15, 0.2) is 0 Å². The van der Waals surface area contributed by atoms with Crippen LogP contribution in [0.2, 0.25) is 0 Å². The van der Waals surface area contributed by atoms with E-state index in [-0.39, 0.29) is 16.2 Å². The van der Waals surface area contributed by atoms with Crippen LogP contribution < -0.4 is 10.1 Å². The van der Waals surface area contributed by atoms with Crippen molar-refractivity contribution in [1.82, 2.24) is 4.31 Å². The van der Waals surface area contributed by atoms with Crippen LogP contribution >= 0.6 is 11.8 Å². The highest BCUT2D eigenvalue weighted by Gasteiger charge is 2.37. The minimum Gasteiger partial charge on any atom is -0.457 e. The highest BCUT2D eigenvalue weighted by atomic mass is 32.2. The van der Waals surface area contributed by atoms with Gasteiger partial charge in [0.1, 0.15) is 11.5 Å². The summed E-state index contributed by atoms with van der Waals surface area (Å²) in [6.45, 7) is 1.83. The number of carbonyl (C=O) groups is 1. The number of hydrogen-bond donors (Lipinski definition) is 1. The molecule has 1 aliphatic rings. The predicted octanol–water partition coefficient (Wildman–Crippen LogP) is 4.87. The number of amides is 1. The lowest BCUT2D eigenvalue weighted by atomic mass is 10.2. The van der Waals surface area contributed by atoms with Gasteiger partial charge in [0, 0.05) is 24.9 Å². The largest absolute Gasteiger partial charge is 0.457 e. The lowest BCUT2D eigenvalue weighted by Crippen LogP contribution is -2.30. The van der Waals surface area contributed by atoms with Crippen molar-refractivity contribution < 1.29 is 17.9 Å². The lowest BCUT2D eigenvalue weighted by molar-refractivity contribution is -0.114. The molecule has 1 aliphatic heterocycles. The molecule has 4 rings (SSSR count). The zero-order valence-electron chi connectivity index (χ0n) is 16.9. The van der Waals surface area contributed by atoms with Gasteiger partial charge >= 0.3 is 0 Å². The summed E-state index contributed by atoms with van der Waals surface area (Å²) in [5.74, 6) is 1.89. The topological polar surface area (TPSA) is 75.7 Å². The summed E-state index contributed by atoms with van der Waals surface area (Å²) in [7, 11) is -3.69. The van der Waals surface area contributed by atoms with Crippen LogP contribution in [0.4, 0.5) is 5.69 Å². The third kappa shape index (κ3) is 4.92. The van der Waals surface area contributed by atoms with E-state index < -0.39 is 10.0 Å². The molecule has 3 aromatic carbocycles. The average molecular weight is 455 g/mol. The molecule has 0 saturated carbocycles. The van der Waals surface area contributed by atoms with Gasteiger partial charge in [0.25, 0.3) is 0 Å². The van der Waals surface area contributed by atoms with Gasteiger partial charge in [-0.25, -0.2) is 8.42 Å². The second kappa shape index (κ2) is 9.13. The molecule has 1 N–H and O–H groups in total. The first-order valence-corrected chi connectivity index (χ1v) is 12.3. The second-order valence-corrected chi connectivity index (χ2v) is 10.1. The standard InChI is InChI=1S/C23H22N2O4S2/c1-17(26)24-19-10-12-22(13-11-19)31(27,28)25-14-15-30-23(25)18-6-5-9-21(16-18)29-20-7-3-2-4-8-20/h2-13,16,23H,14-15H2,1H3,(H,24,26). The normalized spacial score (nSPS) is 16.7. The zero-order valence-corrected chi connectivity index (χ0v) is 18.5. The minimum atomic E-state index is -3.69. The number of thioether (sulfide) groups is 1. The van der Waals surface area contributed by atoms with Crippen LogP contribution in [0.1, 0.15) is 17.9 Å². The molecule has 0 radical (unpaired) electrons. The Balaban J connectivity index is 1.57. The molecule has 0 aliphatic carbocycles. The molecule has 160 valence electrons. The van der Waals surface area contributed by atoms with Gasteiger partial charge in [-0.05, 0) is 54.1 Å². The van der Waals surface area contributed by atoms with Crippen molar-refractivity contribution in [3.8, 4) is 11.5 Å². The lowest BCUT2D eigenvalue weighted by Gasteiger charge is -2.24. The van der Waals surface area contributed by atoms with E-state index in [1.165, 1.54) is 23.4 Å². The van der Waals surface area contributed by atoms with Crippen molar-refractivity contribution >= 4 is 33.4 Å². The fourth-order valence-corrected chi connectivity index (χ4v) is 6.60. The van der Waals surface area contributed by atoms with Gasteiger partial charge in [0.2, 0.25) is 15.9 Å². The molecule has 0 spiro atoms. The van der Waals surface area contributed by atoms with Gasteiger partial charge in [-0.3, -0.25) is 4.79 Å². The van der Waals surface area contributed by atoms with E-state index in [0.717, 1.165) is 11.3 Å². The van der Waals surface area contributed by atoms with Crippen molar-refractivity contribution in [3.05, 3.63) is 84.4 Å². The monoisotopic (exact) mass is 454 g/mol. The Morgan fingerprint density at radius 3 is 2.42 bits per heavy atom. The highest BCUT2D eigenvalue weighted by molar-refractivity contribution is 8.01. The Bertz CT molecular complexity index is 1170. The number of benzene rings is 3. The van der Waals surface area contributed by atoms with Crippen LogP contribution in [-0.2, 0) is 14.8 Å². The van der Waals surface area contributed by atoms with Gasteiger partial charge < -0.3 is 10.1 Å². The molecule has 0 aromatic heterocycles. The van der Waals surface area contributed by atoms with E-state index in [9.17, 15) is 13.2 Å². The maximum atomic E-state index is 13.3. The molecule has 1 atom stereocenters. The predicted molar refractivity (Wildman–Crippen MR) is 123 cm³/mol. The molecule has 31 heavy (non-hydrogen) atoms. The van der Waals surface area contributed by atoms with Gasteiger partial charge in [-0.1, -0.05) is 30.3 Å². The first kappa shape index (κ1) is 21.4. The zero-order chi connectivity index (χ0) is 21.8. The van der Waals surface area contributed by atoms with E-state index in [1.54, 1.807) is 23.9 Å². The molecular formula is C23H22N2O4S2. The highest BCUT2D eigenvalue weighted by Crippen LogP contribution is 2.42. The molecular weight excluding hydrogens is 432 g/mol. The first-order chi connectivity index (χ1) is 14.9. The third-order valence-corrected chi connectivity index (χ3v) is 8.03. The summed E-state index contributed by atoms with van der Waals surface area (Å²) in [6.07, 6.45) is 0. The maximum absolute atomic E-state index is 13.3. The molecule has 0 bridgehead atoms. The number of hydrogen-bond acceptors (Lipinski definition) is 5. The van der Waals surface area contributed by atoms with E-state index in [0.29, 0.717) is 23.7 Å².